The van der Waals surface area contributed by atoms with Gasteiger partial charge in [0.2, 0.25) is 0 Å². The topological polar surface area (TPSA) is 94.2 Å². The van der Waals surface area contributed by atoms with Gasteiger partial charge in [-0.05, 0) is 52.5 Å². The largest absolute Gasteiger partial charge is 0.464 e. The second-order valence-corrected chi connectivity index (χ2v) is 9.52. The van der Waals surface area contributed by atoms with Crippen LogP contribution in [0.5, 0.6) is 0 Å². The van der Waals surface area contributed by atoms with Crippen molar-refractivity contribution in [3.8, 4) is 0 Å². The molecule has 8 nitrogen and oxygen atoms in total. The van der Waals surface area contributed by atoms with Crippen molar-refractivity contribution in [2.75, 3.05) is 6.61 Å². The maximum atomic E-state index is 13.0. The van der Waals surface area contributed by atoms with Crippen molar-refractivity contribution in [1.82, 2.24) is 10.2 Å². The second kappa shape index (κ2) is 9.79. The monoisotopic (exact) mass is 446 g/mol. The molecule has 0 radical (unpaired) electrons. The fraction of sp³-hybridized carbons (Fsp3) is 0.625. The third kappa shape index (κ3) is 5.72. The zero-order valence-electron chi connectivity index (χ0n) is 19.4. The van der Waals surface area contributed by atoms with E-state index < -0.39 is 23.2 Å². The van der Waals surface area contributed by atoms with Gasteiger partial charge in [-0.15, -0.1) is 0 Å². The molecule has 0 aliphatic carbocycles. The Balaban J connectivity index is 1.76. The van der Waals surface area contributed by atoms with Crippen LogP contribution >= 0.6 is 0 Å². The Labute approximate surface area is 189 Å². The summed E-state index contributed by atoms with van der Waals surface area (Å²) < 4.78 is 16.3. The highest BCUT2D eigenvalue weighted by Gasteiger charge is 2.54. The van der Waals surface area contributed by atoms with E-state index in [-0.39, 0.29) is 44.2 Å². The van der Waals surface area contributed by atoms with Crippen molar-refractivity contribution in [2.24, 2.45) is 0 Å². The van der Waals surface area contributed by atoms with Crippen LogP contribution in [0.2, 0.25) is 0 Å². The Kier molecular flexibility index (Phi) is 7.31. The van der Waals surface area contributed by atoms with E-state index in [0.29, 0.717) is 0 Å². The molecule has 1 N–H and O–H groups in total. The summed E-state index contributed by atoms with van der Waals surface area (Å²) in [5, 5.41) is 2.81. The van der Waals surface area contributed by atoms with Gasteiger partial charge in [0.1, 0.15) is 17.7 Å². The van der Waals surface area contributed by atoms with Gasteiger partial charge in [-0.3, -0.25) is 0 Å². The molecule has 2 unspecified atom stereocenters. The van der Waals surface area contributed by atoms with E-state index in [2.05, 4.69) is 5.32 Å². The van der Waals surface area contributed by atoms with Crippen molar-refractivity contribution in [3.63, 3.8) is 0 Å². The number of rotatable bonds is 5. The quantitative estimate of drug-likeness (QED) is 0.539. The van der Waals surface area contributed by atoms with Crippen molar-refractivity contribution in [3.05, 3.63) is 35.9 Å². The maximum Gasteiger partial charge on any atom is 0.410 e. The Hall–Kier alpha value is -2.77. The van der Waals surface area contributed by atoms with Crippen LogP contribution in [0.1, 0.15) is 65.4 Å². The normalized spacial score (nSPS) is 24.9. The van der Waals surface area contributed by atoms with E-state index in [0.717, 1.165) is 24.8 Å². The molecule has 8 heteroatoms. The van der Waals surface area contributed by atoms with Crippen LogP contribution in [0.3, 0.4) is 0 Å². The average molecular weight is 447 g/mol. The average Bonchev–Trinajstić information content (AvgIpc) is 2.71. The Morgan fingerprint density at radius 2 is 1.69 bits per heavy atom. The van der Waals surface area contributed by atoms with Crippen LogP contribution in [0.15, 0.2) is 30.3 Å². The van der Waals surface area contributed by atoms with E-state index in [1.807, 2.05) is 51.1 Å². The van der Waals surface area contributed by atoms with E-state index >= 15 is 0 Å². The van der Waals surface area contributed by atoms with Crippen LogP contribution in [-0.2, 0) is 25.6 Å². The number of carbonyl (C=O) groups is 3. The standard InChI is InChI=1S/C24H34N2O6/c1-5-30-20(27)24(25-21(28)31-16-17-10-7-6-8-11-17)14-18-12-9-13-19(15-24)26(18)22(29)32-23(2,3)4/h6-8,10-11,18-19H,5,9,12-16H2,1-4H3,(H,25,28). The number of hydrogen-bond acceptors (Lipinski definition) is 6. The number of nitrogens with one attached hydrogen (secondary N) is 1. The molecular formula is C24H34N2O6. The maximum absolute atomic E-state index is 13.0. The minimum Gasteiger partial charge on any atom is -0.464 e. The molecular weight excluding hydrogens is 412 g/mol. The smallest absolute Gasteiger partial charge is 0.410 e. The van der Waals surface area contributed by atoms with Crippen LogP contribution in [-0.4, -0.2) is 52.9 Å². The van der Waals surface area contributed by atoms with Crippen LogP contribution in [0.25, 0.3) is 0 Å². The van der Waals surface area contributed by atoms with Gasteiger partial charge in [0.15, 0.2) is 0 Å². The third-order valence-electron chi connectivity index (χ3n) is 5.85. The first-order valence-corrected chi connectivity index (χ1v) is 11.3. The van der Waals surface area contributed by atoms with Gasteiger partial charge in [0.25, 0.3) is 0 Å². The first kappa shape index (κ1) is 23.9. The minimum atomic E-state index is -1.24. The molecule has 2 aliphatic heterocycles. The first-order valence-electron chi connectivity index (χ1n) is 11.3. The predicted octanol–water partition coefficient (Wildman–Crippen LogP) is 4.17. The first-order chi connectivity index (χ1) is 15.1. The minimum absolute atomic E-state index is 0.0997. The zero-order chi connectivity index (χ0) is 23.4. The molecule has 2 bridgehead atoms. The molecule has 1 aromatic carbocycles. The molecule has 2 fully saturated rings. The van der Waals surface area contributed by atoms with Gasteiger partial charge >= 0.3 is 18.2 Å². The summed E-state index contributed by atoms with van der Waals surface area (Å²) in [4.78, 5) is 40.4. The van der Waals surface area contributed by atoms with Crippen LogP contribution in [0, 0.1) is 0 Å². The van der Waals surface area contributed by atoms with Crippen LogP contribution in [0.4, 0.5) is 9.59 Å². The van der Waals surface area contributed by atoms with E-state index in [4.69, 9.17) is 14.2 Å². The molecule has 2 aliphatic rings. The SMILES string of the molecule is CCOC(=O)C1(NC(=O)OCc2ccccc2)CC2CCCC(C1)N2C(=O)OC(C)(C)C. The van der Waals surface area contributed by atoms with Gasteiger partial charge in [0.05, 0.1) is 6.61 Å². The number of fused-ring (bicyclic) bond motifs is 2. The van der Waals surface area contributed by atoms with Crippen LogP contribution < -0.4 is 5.32 Å². The Morgan fingerprint density at radius 3 is 2.25 bits per heavy atom. The van der Waals surface area contributed by atoms with Crippen molar-refractivity contribution >= 4 is 18.2 Å². The van der Waals surface area contributed by atoms with Crippen molar-refractivity contribution in [2.45, 2.75) is 89.6 Å². The molecule has 0 spiro atoms. The third-order valence-corrected chi connectivity index (χ3v) is 5.85. The lowest BCUT2D eigenvalue weighted by molar-refractivity contribution is -0.156. The number of alkyl carbamates (subject to hydrolysis) is 1. The van der Waals surface area contributed by atoms with E-state index in [1.165, 1.54) is 0 Å². The van der Waals surface area contributed by atoms with E-state index in [1.54, 1.807) is 11.8 Å². The summed E-state index contributed by atoms with van der Waals surface area (Å²) in [5.74, 6) is -0.489. The summed E-state index contributed by atoms with van der Waals surface area (Å²) in [5.41, 5.74) is -0.997. The fourth-order valence-electron chi connectivity index (χ4n) is 4.61. The molecule has 32 heavy (non-hydrogen) atoms. The van der Waals surface area contributed by atoms with Gasteiger partial charge < -0.3 is 24.4 Å². The summed E-state index contributed by atoms with van der Waals surface area (Å²) in [7, 11) is 0. The predicted molar refractivity (Wildman–Crippen MR) is 118 cm³/mol. The second-order valence-electron chi connectivity index (χ2n) is 9.52. The Morgan fingerprint density at radius 1 is 1.06 bits per heavy atom. The highest BCUT2D eigenvalue weighted by atomic mass is 16.6. The summed E-state index contributed by atoms with van der Waals surface area (Å²) in [6, 6.07) is 8.88. The molecule has 2 atom stereocenters. The molecule has 2 saturated heterocycles. The van der Waals surface area contributed by atoms with Crippen molar-refractivity contribution in [1.29, 1.82) is 0 Å². The lowest BCUT2D eigenvalue weighted by atomic mass is 9.73. The molecule has 0 saturated carbocycles. The molecule has 176 valence electrons. The zero-order valence-corrected chi connectivity index (χ0v) is 19.4. The van der Waals surface area contributed by atoms with Gasteiger partial charge in [0, 0.05) is 24.9 Å². The fourth-order valence-corrected chi connectivity index (χ4v) is 4.61. The molecule has 3 rings (SSSR count). The number of nitrogens with zero attached hydrogens (tertiary/aromatic N) is 1. The van der Waals surface area contributed by atoms with Gasteiger partial charge in [-0.25, -0.2) is 14.4 Å². The van der Waals surface area contributed by atoms with E-state index in [9.17, 15) is 14.4 Å². The highest BCUT2D eigenvalue weighted by Crippen LogP contribution is 2.41. The van der Waals surface area contributed by atoms with Gasteiger partial charge in [-0.1, -0.05) is 30.3 Å². The summed E-state index contributed by atoms with van der Waals surface area (Å²) in [6.45, 7) is 7.53. The number of esters is 1. The highest BCUT2D eigenvalue weighted by molar-refractivity contribution is 5.86. The Bertz CT molecular complexity index is 806. The lowest BCUT2D eigenvalue weighted by Crippen LogP contribution is -2.68. The molecule has 2 heterocycles. The van der Waals surface area contributed by atoms with Gasteiger partial charge in [-0.2, -0.15) is 0 Å². The van der Waals surface area contributed by atoms with Crippen molar-refractivity contribution < 1.29 is 28.6 Å². The number of piperidine rings is 2. The lowest BCUT2D eigenvalue weighted by Gasteiger charge is -2.52. The summed E-state index contributed by atoms with van der Waals surface area (Å²) in [6.07, 6.45) is 1.90. The number of carbonyl (C=O) groups excluding carboxylic acids is 3. The molecule has 1 aromatic rings. The molecule has 2 amide bonds. The number of amides is 2. The number of ether oxygens (including phenoxy) is 3. The number of benzene rings is 1. The number of hydrogen-bond donors (Lipinski definition) is 1. The summed E-state index contributed by atoms with van der Waals surface area (Å²) >= 11 is 0. The molecule has 0 aromatic heterocycles.